The number of ether oxygens (including phenoxy) is 5. The van der Waals surface area contributed by atoms with Crippen LogP contribution in [0, 0.1) is 5.41 Å². The zero-order valence-corrected chi connectivity index (χ0v) is 25.6. The largest absolute Gasteiger partial charge is 0.462 e. The molecule has 1 aliphatic heterocycles. The van der Waals surface area contributed by atoms with Gasteiger partial charge in [0.25, 0.3) is 0 Å². The molecule has 1 saturated heterocycles. The number of hydrogen-bond donors (Lipinski definition) is 0. The second-order valence-electron chi connectivity index (χ2n) is 11.8. The van der Waals surface area contributed by atoms with E-state index < -0.39 is 53.7 Å². The lowest BCUT2D eigenvalue weighted by Crippen LogP contribution is -2.42. The topological polar surface area (TPSA) is 114 Å². The fraction of sp³-hybridized carbons (Fsp3) is 0.263. The second kappa shape index (κ2) is 14.4. The van der Waals surface area contributed by atoms with E-state index in [-0.39, 0.29) is 13.2 Å². The SMILES string of the molecule is O=C(OCC1OC(CC2(COC(=O)c3ccccc3)CC2)[C@H](OC(=O)c2ccccc2)[C@H]1OC(=O)c1ccccc1)c1ccccc1. The molecular formula is C38H34O9. The van der Waals surface area contributed by atoms with Gasteiger partial charge in [-0.05, 0) is 67.8 Å². The molecule has 0 aromatic heterocycles. The summed E-state index contributed by atoms with van der Waals surface area (Å²) in [5.74, 6) is -2.27. The van der Waals surface area contributed by atoms with Crippen molar-refractivity contribution in [3.05, 3.63) is 144 Å². The van der Waals surface area contributed by atoms with Gasteiger partial charge in [-0.1, -0.05) is 72.8 Å². The fourth-order valence-electron chi connectivity index (χ4n) is 5.62. The molecule has 0 radical (unpaired) electrons. The molecule has 4 aromatic carbocycles. The van der Waals surface area contributed by atoms with Gasteiger partial charge in [-0.2, -0.15) is 0 Å². The van der Waals surface area contributed by atoms with Gasteiger partial charge in [0.05, 0.1) is 35.0 Å². The predicted octanol–water partition coefficient (Wildman–Crippen LogP) is 6.09. The highest BCUT2D eigenvalue weighted by atomic mass is 16.6. The van der Waals surface area contributed by atoms with E-state index >= 15 is 0 Å². The third-order valence-corrected chi connectivity index (χ3v) is 8.41. The van der Waals surface area contributed by atoms with Crippen LogP contribution in [0.5, 0.6) is 0 Å². The molecule has 2 unspecified atom stereocenters. The monoisotopic (exact) mass is 634 g/mol. The Kier molecular flexibility index (Phi) is 9.73. The van der Waals surface area contributed by atoms with Crippen molar-refractivity contribution in [2.45, 2.75) is 43.7 Å². The molecule has 0 amide bonds. The van der Waals surface area contributed by atoms with Crippen LogP contribution in [0.2, 0.25) is 0 Å². The third kappa shape index (κ3) is 7.93. The maximum absolute atomic E-state index is 13.4. The fourth-order valence-corrected chi connectivity index (χ4v) is 5.62. The van der Waals surface area contributed by atoms with Crippen LogP contribution in [-0.4, -0.2) is 61.5 Å². The first-order chi connectivity index (χ1) is 22.9. The average molecular weight is 635 g/mol. The predicted molar refractivity (Wildman–Crippen MR) is 170 cm³/mol. The van der Waals surface area contributed by atoms with Crippen molar-refractivity contribution in [3.63, 3.8) is 0 Å². The van der Waals surface area contributed by atoms with E-state index in [1.807, 2.05) is 6.07 Å². The van der Waals surface area contributed by atoms with Gasteiger partial charge in [-0.15, -0.1) is 0 Å². The van der Waals surface area contributed by atoms with Crippen molar-refractivity contribution < 1.29 is 42.9 Å². The molecule has 1 aliphatic carbocycles. The van der Waals surface area contributed by atoms with E-state index in [1.54, 1.807) is 115 Å². The van der Waals surface area contributed by atoms with Crippen molar-refractivity contribution in [1.29, 1.82) is 0 Å². The third-order valence-electron chi connectivity index (χ3n) is 8.41. The highest BCUT2D eigenvalue weighted by Gasteiger charge is 2.55. The van der Waals surface area contributed by atoms with Gasteiger partial charge < -0.3 is 23.7 Å². The molecule has 2 aliphatic rings. The normalized spacial score (nSPS) is 20.9. The number of hydrogen-bond acceptors (Lipinski definition) is 9. The summed E-state index contributed by atoms with van der Waals surface area (Å²) < 4.78 is 29.8. The summed E-state index contributed by atoms with van der Waals surface area (Å²) >= 11 is 0. The Hall–Kier alpha value is -5.28. The van der Waals surface area contributed by atoms with E-state index in [0.717, 1.165) is 12.8 Å². The number of rotatable bonds is 12. The summed E-state index contributed by atoms with van der Waals surface area (Å²) in [6.07, 6.45) is -1.98. The molecule has 6 rings (SSSR count). The smallest absolute Gasteiger partial charge is 0.338 e. The number of benzene rings is 4. The molecule has 1 heterocycles. The van der Waals surface area contributed by atoms with E-state index in [9.17, 15) is 19.2 Å². The molecule has 0 spiro atoms. The van der Waals surface area contributed by atoms with Crippen molar-refractivity contribution in [1.82, 2.24) is 0 Å². The van der Waals surface area contributed by atoms with Gasteiger partial charge in [0.15, 0.2) is 12.2 Å². The first-order valence-electron chi connectivity index (χ1n) is 15.5. The van der Waals surface area contributed by atoms with E-state index in [1.165, 1.54) is 0 Å². The summed E-state index contributed by atoms with van der Waals surface area (Å²) in [5.41, 5.74) is 0.995. The van der Waals surface area contributed by atoms with Crippen molar-refractivity contribution in [2.75, 3.05) is 13.2 Å². The van der Waals surface area contributed by atoms with Crippen molar-refractivity contribution in [3.8, 4) is 0 Å². The number of carbonyl (C=O) groups is 4. The highest BCUT2D eigenvalue weighted by Crippen LogP contribution is 2.52. The van der Waals surface area contributed by atoms with Crippen LogP contribution in [0.25, 0.3) is 0 Å². The lowest BCUT2D eigenvalue weighted by Gasteiger charge is -2.26. The van der Waals surface area contributed by atoms with Crippen LogP contribution < -0.4 is 0 Å². The summed E-state index contributed by atoms with van der Waals surface area (Å²) in [6, 6.07) is 34.1. The molecule has 2 fully saturated rings. The summed E-state index contributed by atoms with van der Waals surface area (Å²) in [4.78, 5) is 52.3. The molecule has 4 atom stereocenters. The first kappa shape index (κ1) is 31.7. The van der Waals surface area contributed by atoms with Crippen LogP contribution in [0.3, 0.4) is 0 Å². The molecule has 1 saturated carbocycles. The van der Waals surface area contributed by atoms with Crippen molar-refractivity contribution in [2.24, 2.45) is 5.41 Å². The Morgan fingerprint density at radius 3 is 1.34 bits per heavy atom. The number of carbonyl (C=O) groups excluding carboxylic acids is 4. The zero-order chi connectivity index (χ0) is 32.6. The molecular weight excluding hydrogens is 600 g/mol. The number of esters is 4. The minimum absolute atomic E-state index is 0.141. The lowest BCUT2D eigenvalue weighted by atomic mass is 9.94. The van der Waals surface area contributed by atoms with E-state index in [4.69, 9.17) is 23.7 Å². The first-order valence-corrected chi connectivity index (χ1v) is 15.5. The molecule has 0 N–H and O–H groups in total. The summed E-state index contributed by atoms with van der Waals surface area (Å²) in [7, 11) is 0. The van der Waals surface area contributed by atoms with E-state index in [2.05, 4.69) is 0 Å². The minimum atomic E-state index is -1.10. The van der Waals surface area contributed by atoms with E-state index in [0.29, 0.717) is 28.7 Å². The molecule has 47 heavy (non-hydrogen) atoms. The van der Waals surface area contributed by atoms with Crippen LogP contribution in [-0.2, 0) is 23.7 Å². The second-order valence-corrected chi connectivity index (χ2v) is 11.8. The van der Waals surface area contributed by atoms with Gasteiger partial charge in [-0.25, -0.2) is 19.2 Å². The van der Waals surface area contributed by atoms with Gasteiger partial charge >= 0.3 is 23.9 Å². The van der Waals surface area contributed by atoms with Crippen molar-refractivity contribution >= 4 is 23.9 Å². The molecule has 9 heteroatoms. The Labute approximate surface area is 272 Å². The molecule has 9 nitrogen and oxygen atoms in total. The molecule has 4 aromatic rings. The van der Waals surface area contributed by atoms with Crippen LogP contribution in [0.1, 0.15) is 60.7 Å². The molecule has 240 valence electrons. The summed E-state index contributed by atoms with van der Waals surface area (Å²) in [5, 5.41) is 0. The Morgan fingerprint density at radius 2 is 0.915 bits per heavy atom. The zero-order valence-electron chi connectivity index (χ0n) is 25.6. The Bertz CT molecular complexity index is 1670. The standard InChI is InChI=1S/C38H34O9/c39-34(26-13-5-1-6-14-26)43-24-31-33(47-37(42)29-19-11-4-12-20-29)32(46-36(41)28-17-9-3-10-18-28)30(45-31)23-38(21-22-38)25-44-35(40)27-15-7-2-8-16-27/h1-20,30-33H,21-25H2/t30?,31?,32-,33-/m0/s1. The Morgan fingerprint density at radius 1 is 0.532 bits per heavy atom. The molecule has 0 bridgehead atoms. The maximum atomic E-state index is 13.4. The van der Waals surface area contributed by atoms with Crippen LogP contribution in [0.15, 0.2) is 121 Å². The van der Waals surface area contributed by atoms with Gasteiger partial charge in [0.1, 0.15) is 12.7 Å². The minimum Gasteiger partial charge on any atom is -0.462 e. The summed E-state index contributed by atoms with van der Waals surface area (Å²) in [6.45, 7) is -0.117. The maximum Gasteiger partial charge on any atom is 0.338 e. The lowest BCUT2D eigenvalue weighted by molar-refractivity contribution is -0.0481. The van der Waals surface area contributed by atoms with Gasteiger partial charge in [0.2, 0.25) is 0 Å². The quantitative estimate of drug-likeness (QED) is 0.135. The van der Waals surface area contributed by atoms with Crippen LogP contribution in [0.4, 0.5) is 0 Å². The highest BCUT2D eigenvalue weighted by molar-refractivity contribution is 5.91. The average Bonchev–Trinajstić information content (AvgIpc) is 3.83. The van der Waals surface area contributed by atoms with Gasteiger partial charge in [0, 0.05) is 5.41 Å². The van der Waals surface area contributed by atoms with Gasteiger partial charge in [-0.3, -0.25) is 0 Å². The Balaban J connectivity index is 1.25. The van der Waals surface area contributed by atoms with Crippen LogP contribution >= 0.6 is 0 Å².